The summed E-state index contributed by atoms with van der Waals surface area (Å²) < 4.78 is 5.14. The molecule has 1 heterocycles. The van der Waals surface area contributed by atoms with Crippen LogP contribution in [0, 0.1) is 0 Å². The fourth-order valence-corrected chi connectivity index (χ4v) is 2.83. The molecule has 0 spiro atoms. The van der Waals surface area contributed by atoms with E-state index in [0.29, 0.717) is 5.75 Å². The van der Waals surface area contributed by atoms with Crippen molar-refractivity contribution >= 4 is 17.7 Å². The van der Waals surface area contributed by atoms with Crippen LogP contribution in [-0.2, 0) is 4.79 Å². The average Bonchev–Trinajstić information content (AvgIpc) is 2.78. The van der Waals surface area contributed by atoms with Crippen molar-refractivity contribution in [2.45, 2.75) is 11.4 Å². The van der Waals surface area contributed by atoms with Crippen molar-refractivity contribution < 1.29 is 14.6 Å². The van der Waals surface area contributed by atoms with Gasteiger partial charge in [0.25, 0.3) is 0 Å². The molecule has 4 nitrogen and oxygen atoms in total. The molecule has 1 saturated heterocycles. The van der Waals surface area contributed by atoms with Gasteiger partial charge in [0.05, 0.1) is 12.5 Å². The SMILES string of the molecule is COc1cccc(C2N[C@H](C(=O)O)CS2)c1. The van der Waals surface area contributed by atoms with Gasteiger partial charge in [-0.05, 0) is 17.7 Å². The molecule has 0 saturated carbocycles. The summed E-state index contributed by atoms with van der Waals surface area (Å²) in [5.41, 5.74) is 1.05. The van der Waals surface area contributed by atoms with Gasteiger partial charge in [-0.25, -0.2) is 0 Å². The Balaban J connectivity index is 2.11. The van der Waals surface area contributed by atoms with Gasteiger partial charge < -0.3 is 9.84 Å². The molecule has 1 unspecified atom stereocenters. The van der Waals surface area contributed by atoms with Crippen LogP contribution in [0.5, 0.6) is 5.75 Å². The normalized spacial score (nSPS) is 24.3. The number of nitrogens with one attached hydrogen (secondary N) is 1. The fraction of sp³-hybridized carbons (Fsp3) is 0.364. The monoisotopic (exact) mass is 239 g/mol. The van der Waals surface area contributed by atoms with Crippen LogP contribution in [-0.4, -0.2) is 30.0 Å². The second kappa shape index (κ2) is 4.76. The fourth-order valence-electron chi connectivity index (χ4n) is 1.61. The molecule has 0 bridgehead atoms. The molecular weight excluding hydrogens is 226 g/mol. The van der Waals surface area contributed by atoms with E-state index in [4.69, 9.17) is 9.84 Å². The predicted molar refractivity (Wildman–Crippen MR) is 62.8 cm³/mol. The lowest BCUT2D eigenvalue weighted by molar-refractivity contribution is -0.138. The molecule has 1 fully saturated rings. The van der Waals surface area contributed by atoms with Gasteiger partial charge in [-0.2, -0.15) is 0 Å². The van der Waals surface area contributed by atoms with Crippen LogP contribution < -0.4 is 10.1 Å². The minimum absolute atomic E-state index is 0.0381. The lowest BCUT2D eigenvalue weighted by atomic mass is 10.2. The highest BCUT2D eigenvalue weighted by molar-refractivity contribution is 7.99. The summed E-state index contributed by atoms with van der Waals surface area (Å²) in [5.74, 6) is 0.591. The Morgan fingerprint density at radius 3 is 3.06 bits per heavy atom. The summed E-state index contributed by atoms with van der Waals surface area (Å²) in [4.78, 5) is 10.8. The molecule has 0 aliphatic carbocycles. The number of carbonyl (C=O) groups is 1. The van der Waals surface area contributed by atoms with Crippen molar-refractivity contribution in [2.24, 2.45) is 0 Å². The predicted octanol–water partition coefficient (Wildman–Crippen LogP) is 1.48. The van der Waals surface area contributed by atoms with Crippen LogP contribution in [0.4, 0.5) is 0 Å². The summed E-state index contributed by atoms with van der Waals surface area (Å²) in [6.45, 7) is 0. The summed E-state index contributed by atoms with van der Waals surface area (Å²) in [6, 6.07) is 7.22. The molecule has 16 heavy (non-hydrogen) atoms. The quantitative estimate of drug-likeness (QED) is 0.836. The van der Waals surface area contributed by atoms with E-state index in [9.17, 15) is 4.79 Å². The van der Waals surface area contributed by atoms with E-state index in [2.05, 4.69) is 5.32 Å². The van der Waals surface area contributed by atoms with Gasteiger partial charge in [-0.3, -0.25) is 10.1 Å². The first-order valence-corrected chi connectivity index (χ1v) is 6.00. The summed E-state index contributed by atoms with van der Waals surface area (Å²) in [6.07, 6.45) is 0. The third-order valence-corrected chi connectivity index (χ3v) is 3.74. The molecule has 1 aliphatic rings. The van der Waals surface area contributed by atoms with Crippen LogP contribution >= 0.6 is 11.8 Å². The molecule has 2 rings (SSSR count). The van der Waals surface area contributed by atoms with Crippen LogP contribution in [0.2, 0.25) is 0 Å². The van der Waals surface area contributed by atoms with Gasteiger partial charge in [0, 0.05) is 5.75 Å². The molecule has 2 atom stereocenters. The van der Waals surface area contributed by atoms with Crippen molar-refractivity contribution in [2.75, 3.05) is 12.9 Å². The molecule has 1 aliphatic heterocycles. The first-order valence-electron chi connectivity index (χ1n) is 4.95. The van der Waals surface area contributed by atoms with E-state index in [1.165, 1.54) is 0 Å². The Morgan fingerprint density at radius 2 is 2.44 bits per heavy atom. The van der Waals surface area contributed by atoms with Crippen molar-refractivity contribution in [3.8, 4) is 5.75 Å². The number of aliphatic carboxylic acids is 1. The van der Waals surface area contributed by atoms with Gasteiger partial charge in [0.1, 0.15) is 11.8 Å². The second-order valence-corrected chi connectivity index (χ2v) is 4.69. The van der Waals surface area contributed by atoms with E-state index in [1.54, 1.807) is 18.9 Å². The maximum absolute atomic E-state index is 10.8. The number of ether oxygens (including phenoxy) is 1. The molecule has 2 N–H and O–H groups in total. The number of methoxy groups -OCH3 is 1. The number of hydrogen-bond donors (Lipinski definition) is 2. The van der Waals surface area contributed by atoms with Gasteiger partial charge in [0.15, 0.2) is 0 Å². The highest BCUT2D eigenvalue weighted by atomic mass is 32.2. The molecule has 5 heteroatoms. The maximum Gasteiger partial charge on any atom is 0.321 e. The highest BCUT2D eigenvalue weighted by Gasteiger charge is 2.30. The molecule has 86 valence electrons. The van der Waals surface area contributed by atoms with Crippen molar-refractivity contribution in [1.82, 2.24) is 5.32 Å². The molecule has 0 radical (unpaired) electrons. The smallest absolute Gasteiger partial charge is 0.321 e. The Hall–Kier alpha value is -1.20. The maximum atomic E-state index is 10.8. The summed E-state index contributed by atoms with van der Waals surface area (Å²) >= 11 is 1.60. The van der Waals surface area contributed by atoms with E-state index >= 15 is 0 Å². The first kappa shape index (κ1) is 11.3. The topological polar surface area (TPSA) is 58.6 Å². The zero-order chi connectivity index (χ0) is 11.5. The van der Waals surface area contributed by atoms with Gasteiger partial charge in [0.2, 0.25) is 0 Å². The van der Waals surface area contributed by atoms with E-state index < -0.39 is 12.0 Å². The third kappa shape index (κ3) is 2.31. The number of hydrogen-bond acceptors (Lipinski definition) is 4. The summed E-state index contributed by atoms with van der Waals surface area (Å²) in [5, 5.41) is 12.0. The zero-order valence-electron chi connectivity index (χ0n) is 8.84. The van der Waals surface area contributed by atoms with E-state index in [0.717, 1.165) is 11.3 Å². The molecule has 1 aromatic carbocycles. The molecular formula is C11H13NO3S. The van der Waals surface area contributed by atoms with Crippen LogP contribution in [0.3, 0.4) is 0 Å². The number of thioether (sulfide) groups is 1. The molecule has 1 aromatic rings. The Kier molecular flexibility index (Phi) is 3.36. The molecule has 0 amide bonds. The second-order valence-electron chi connectivity index (χ2n) is 3.55. The Labute approximate surface area is 98.0 Å². The minimum atomic E-state index is -0.794. The average molecular weight is 239 g/mol. The minimum Gasteiger partial charge on any atom is -0.497 e. The highest BCUT2D eigenvalue weighted by Crippen LogP contribution is 2.34. The number of benzene rings is 1. The first-order chi connectivity index (χ1) is 7.70. The van der Waals surface area contributed by atoms with Gasteiger partial charge >= 0.3 is 5.97 Å². The van der Waals surface area contributed by atoms with Crippen LogP contribution in [0.25, 0.3) is 0 Å². The largest absolute Gasteiger partial charge is 0.497 e. The van der Waals surface area contributed by atoms with E-state index in [-0.39, 0.29) is 5.37 Å². The van der Waals surface area contributed by atoms with Gasteiger partial charge in [-0.15, -0.1) is 11.8 Å². The third-order valence-electron chi connectivity index (χ3n) is 2.48. The lowest BCUT2D eigenvalue weighted by Gasteiger charge is -2.12. The van der Waals surface area contributed by atoms with Crippen LogP contribution in [0.1, 0.15) is 10.9 Å². The van der Waals surface area contributed by atoms with Gasteiger partial charge in [-0.1, -0.05) is 12.1 Å². The Bertz CT molecular complexity index is 397. The standard InChI is InChI=1S/C11H13NO3S/c1-15-8-4-2-3-7(5-8)10-12-9(6-16-10)11(13)14/h2-5,9-10,12H,6H2,1H3,(H,13,14)/t9-,10?/m0/s1. The number of carboxylic acid groups (broad SMARTS) is 1. The zero-order valence-corrected chi connectivity index (χ0v) is 9.66. The van der Waals surface area contributed by atoms with Crippen molar-refractivity contribution in [3.05, 3.63) is 29.8 Å². The number of carboxylic acids is 1. The van der Waals surface area contributed by atoms with Crippen molar-refractivity contribution in [3.63, 3.8) is 0 Å². The summed E-state index contributed by atoms with van der Waals surface area (Å²) in [7, 11) is 1.62. The lowest BCUT2D eigenvalue weighted by Crippen LogP contribution is -2.33. The van der Waals surface area contributed by atoms with Crippen LogP contribution in [0.15, 0.2) is 24.3 Å². The van der Waals surface area contributed by atoms with E-state index in [1.807, 2.05) is 24.3 Å². The molecule has 0 aromatic heterocycles. The van der Waals surface area contributed by atoms with Crippen molar-refractivity contribution in [1.29, 1.82) is 0 Å². The number of rotatable bonds is 3. The Morgan fingerprint density at radius 1 is 1.62 bits per heavy atom.